The molecule has 11 heteroatoms. The van der Waals surface area contributed by atoms with Crippen LogP contribution >= 0.6 is 0 Å². The third kappa shape index (κ3) is 6.27. The van der Waals surface area contributed by atoms with Crippen LogP contribution in [0.1, 0.15) is 45.1 Å². The predicted molar refractivity (Wildman–Crippen MR) is 157 cm³/mol. The lowest BCUT2D eigenvalue weighted by Crippen LogP contribution is -2.52. The molecule has 42 heavy (non-hydrogen) atoms. The number of amides is 1. The van der Waals surface area contributed by atoms with Crippen LogP contribution in [0, 0.1) is 5.92 Å². The number of benzene rings is 2. The van der Waals surface area contributed by atoms with Crippen LogP contribution in [0.5, 0.6) is 0 Å². The Kier molecular flexibility index (Phi) is 8.53. The Morgan fingerprint density at radius 2 is 1.81 bits per heavy atom. The van der Waals surface area contributed by atoms with Crippen LogP contribution in [-0.2, 0) is 20.8 Å². The molecule has 2 aromatic carbocycles. The summed E-state index contributed by atoms with van der Waals surface area (Å²) < 4.78 is 66.6. The number of sulfone groups is 1. The molecule has 2 heterocycles. The number of carbonyl (C=O) groups excluding carboxylic acids is 1. The van der Waals surface area contributed by atoms with E-state index in [1.807, 2.05) is 4.90 Å². The molecule has 1 saturated heterocycles. The molecule has 0 spiro atoms. The maximum absolute atomic E-state index is 13.8. The van der Waals surface area contributed by atoms with Gasteiger partial charge in [0.15, 0.2) is 9.84 Å². The van der Waals surface area contributed by atoms with Crippen LogP contribution in [0.2, 0.25) is 0 Å². The summed E-state index contributed by atoms with van der Waals surface area (Å²) in [5.41, 5.74) is -0.0479. The molecular formula is C31H37F3N4O3S. The van der Waals surface area contributed by atoms with Crippen LogP contribution in [0.25, 0.3) is 10.9 Å². The standard InChI is InChI=1S/C31H37F3N4O3S/c1-20(2)37(3)23-10-12-29(21(17-23)19-42(40,41)24-7-5-4-6-8-24)38-16-14-27(30(38)39)36-26-13-15-35-28-18-22(31(32,33)34)9-11-25(26)28/h4-9,11,13,15,18,20-21,23,27,29H,10,12,14,16-17,19H2,1-3H3,(H,35,36)/t21-,23?,27?,29?/m0/s1. The summed E-state index contributed by atoms with van der Waals surface area (Å²) in [5, 5.41) is 3.75. The van der Waals surface area contributed by atoms with Gasteiger partial charge in [0.05, 0.1) is 21.7 Å². The number of fused-ring (bicyclic) bond motifs is 1. The molecular weight excluding hydrogens is 565 g/mol. The van der Waals surface area contributed by atoms with Gasteiger partial charge in [-0.2, -0.15) is 13.2 Å². The first-order chi connectivity index (χ1) is 19.8. The minimum atomic E-state index is -4.48. The molecule has 3 aromatic rings. The highest BCUT2D eigenvalue weighted by Crippen LogP contribution is 2.37. The second-order valence-corrected chi connectivity index (χ2v) is 13.8. The molecule has 1 aliphatic carbocycles. The molecule has 4 atom stereocenters. The summed E-state index contributed by atoms with van der Waals surface area (Å²) >= 11 is 0. The molecule has 7 nitrogen and oxygen atoms in total. The average Bonchev–Trinajstić information content (AvgIpc) is 3.31. The van der Waals surface area contributed by atoms with Crippen molar-refractivity contribution in [1.82, 2.24) is 14.8 Å². The Hall–Kier alpha value is -3.18. The van der Waals surface area contributed by atoms with E-state index >= 15 is 0 Å². The molecule has 3 unspecified atom stereocenters. The van der Waals surface area contributed by atoms with Gasteiger partial charge in [0.25, 0.3) is 0 Å². The molecule has 1 amide bonds. The fourth-order valence-corrected chi connectivity index (χ4v) is 8.10. The molecule has 1 aliphatic heterocycles. The number of rotatable bonds is 8. The number of alkyl halides is 3. The lowest BCUT2D eigenvalue weighted by Gasteiger charge is -2.44. The van der Waals surface area contributed by atoms with Crippen LogP contribution < -0.4 is 5.32 Å². The van der Waals surface area contributed by atoms with E-state index in [0.29, 0.717) is 42.9 Å². The number of hydrogen-bond donors (Lipinski definition) is 1. The van der Waals surface area contributed by atoms with Gasteiger partial charge >= 0.3 is 6.18 Å². The maximum Gasteiger partial charge on any atom is 0.416 e. The van der Waals surface area contributed by atoms with E-state index in [1.165, 1.54) is 12.3 Å². The van der Waals surface area contributed by atoms with Crippen LogP contribution in [0.15, 0.2) is 65.7 Å². The fraction of sp³-hybridized carbons (Fsp3) is 0.484. The zero-order valence-corrected chi connectivity index (χ0v) is 24.8. The third-order valence-electron chi connectivity index (χ3n) is 8.88. The molecule has 5 rings (SSSR count). The fourth-order valence-electron chi connectivity index (χ4n) is 6.41. The predicted octanol–water partition coefficient (Wildman–Crippen LogP) is 5.62. The van der Waals surface area contributed by atoms with E-state index in [0.717, 1.165) is 18.6 Å². The Labute approximate surface area is 245 Å². The van der Waals surface area contributed by atoms with Gasteiger partial charge in [-0.1, -0.05) is 24.3 Å². The highest BCUT2D eigenvalue weighted by molar-refractivity contribution is 7.91. The molecule has 0 radical (unpaired) electrons. The summed E-state index contributed by atoms with van der Waals surface area (Å²) in [6.45, 7) is 4.72. The first-order valence-electron chi connectivity index (χ1n) is 14.4. The minimum Gasteiger partial charge on any atom is -0.373 e. The van der Waals surface area contributed by atoms with Gasteiger partial charge in [-0.15, -0.1) is 0 Å². The first kappa shape index (κ1) is 30.3. The van der Waals surface area contributed by atoms with Crippen molar-refractivity contribution in [2.75, 3.05) is 24.7 Å². The van der Waals surface area contributed by atoms with Crippen molar-refractivity contribution in [2.24, 2.45) is 5.92 Å². The average molecular weight is 603 g/mol. The number of hydrogen-bond acceptors (Lipinski definition) is 6. The van der Waals surface area contributed by atoms with E-state index in [-0.39, 0.29) is 40.1 Å². The monoisotopic (exact) mass is 602 g/mol. The van der Waals surface area contributed by atoms with Gasteiger partial charge in [0.1, 0.15) is 6.04 Å². The van der Waals surface area contributed by atoms with Crippen molar-refractivity contribution in [3.63, 3.8) is 0 Å². The van der Waals surface area contributed by atoms with Gasteiger partial charge in [-0.25, -0.2) is 8.42 Å². The second kappa shape index (κ2) is 11.8. The summed E-state index contributed by atoms with van der Waals surface area (Å²) in [6.07, 6.45) is -0.308. The Morgan fingerprint density at radius 3 is 2.50 bits per heavy atom. The van der Waals surface area contributed by atoms with Crippen LogP contribution in [-0.4, -0.2) is 72.6 Å². The Morgan fingerprint density at radius 1 is 1.07 bits per heavy atom. The smallest absolute Gasteiger partial charge is 0.373 e. The lowest BCUT2D eigenvalue weighted by atomic mass is 9.81. The second-order valence-electron chi connectivity index (χ2n) is 11.8. The number of carbonyl (C=O) groups is 1. The van der Waals surface area contributed by atoms with E-state index in [2.05, 4.69) is 36.1 Å². The van der Waals surface area contributed by atoms with Gasteiger partial charge in [-0.05, 0) is 82.8 Å². The number of pyridine rings is 1. The third-order valence-corrected chi connectivity index (χ3v) is 10.7. The van der Waals surface area contributed by atoms with Gasteiger partial charge < -0.3 is 15.1 Å². The highest BCUT2D eigenvalue weighted by atomic mass is 32.2. The number of nitrogens with zero attached hydrogens (tertiary/aromatic N) is 3. The maximum atomic E-state index is 13.8. The number of aromatic nitrogens is 1. The zero-order chi connectivity index (χ0) is 30.2. The lowest BCUT2D eigenvalue weighted by molar-refractivity contribution is -0.137. The van der Waals surface area contributed by atoms with Crippen LogP contribution in [0.3, 0.4) is 0 Å². The number of likely N-dealkylation sites (tertiary alicyclic amines) is 1. The number of halogens is 3. The van der Waals surface area contributed by atoms with E-state index in [1.54, 1.807) is 36.4 Å². The topological polar surface area (TPSA) is 82.6 Å². The molecule has 2 fully saturated rings. The summed E-state index contributed by atoms with van der Waals surface area (Å²) in [4.78, 5) is 22.3. The number of anilines is 1. The zero-order valence-electron chi connectivity index (χ0n) is 24.0. The minimum absolute atomic E-state index is 0.0392. The highest BCUT2D eigenvalue weighted by Gasteiger charge is 2.44. The molecule has 1 aromatic heterocycles. The van der Waals surface area contributed by atoms with E-state index < -0.39 is 27.6 Å². The first-order valence-corrected chi connectivity index (χ1v) is 16.0. The summed E-state index contributed by atoms with van der Waals surface area (Å²) in [5.74, 6) is -0.391. The quantitative estimate of drug-likeness (QED) is 0.361. The van der Waals surface area contributed by atoms with Gasteiger partial charge in [0.2, 0.25) is 5.91 Å². The Balaban J connectivity index is 1.37. The molecule has 1 N–H and O–H groups in total. The SMILES string of the molecule is CC(C)N(C)C1CCC(N2CCC(Nc3ccnc4cc(C(F)(F)F)ccc34)C2=O)[C@H](CS(=O)(=O)c2ccccc2)C1. The van der Waals surface area contributed by atoms with Crippen molar-refractivity contribution in [2.45, 2.75) is 74.8 Å². The number of nitrogens with one attached hydrogen (secondary N) is 1. The Bertz CT molecular complexity index is 1530. The molecule has 0 bridgehead atoms. The van der Waals surface area contributed by atoms with Crippen molar-refractivity contribution in [3.8, 4) is 0 Å². The van der Waals surface area contributed by atoms with E-state index in [9.17, 15) is 26.4 Å². The molecule has 226 valence electrons. The van der Waals surface area contributed by atoms with E-state index in [4.69, 9.17) is 0 Å². The molecule has 1 saturated carbocycles. The van der Waals surface area contributed by atoms with Crippen molar-refractivity contribution >= 4 is 32.3 Å². The largest absolute Gasteiger partial charge is 0.416 e. The normalized spacial score (nSPS) is 23.7. The molecule has 2 aliphatic rings. The van der Waals surface area contributed by atoms with Crippen molar-refractivity contribution in [3.05, 3.63) is 66.4 Å². The summed E-state index contributed by atoms with van der Waals surface area (Å²) in [7, 11) is -1.50. The van der Waals surface area contributed by atoms with Crippen LogP contribution in [0.4, 0.5) is 18.9 Å². The van der Waals surface area contributed by atoms with Crippen molar-refractivity contribution < 1.29 is 26.4 Å². The van der Waals surface area contributed by atoms with Gasteiger partial charge in [0, 0.05) is 41.9 Å². The summed E-state index contributed by atoms with van der Waals surface area (Å²) in [6, 6.07) is 13.2. The van der Waals surface area contributed by atoms with Crippen molar-refractivity contribution in [1.29, 1.82) is 0 Å². The van der Waals surface area contributed by atoms with Gasteiger partial charge in [-0.3, -0.25) is 9.78 Å².